The maximum atomic E-state index is 12.0. The van der Waals surface area contributed by atoms with E-state index in [0.29, 0.717) is 23.2 Å². The van der Waals surface area contributed by atoms with Crippen LogP contribution in [0.3, 0.4) is 0 Å². The van der Waals surface area contributed by atoms with Crippen molar-refractivity contribution in [2.24, 2.45) is 0 Å². The van der Waals surface area contributed by atoms with E-state index < -0.39 is 16.8 Å². The van der Waals surface area contributed by atoms with Gasteiger partial charge in [0.15, 0.2) is 0 Å². The van der Waals surface area contributed by atoms with Gasteiger partial charge in [0.25, 0.3) is 0 Å². The van der Waals surface area contributed by atoms with Crippen molar-refractivity contribution in [1.82, 2.24) is 9.55 Å². The van der Waals surface area contributed by atoms with Gasteiger partial charge < -0.3 is 10.1 Å². The van der Waals surface area contributed by atoms with Crippen molar-refractivity contribution >= 4 is 27.8 Å². The first kappa shape index (κ1) is 14.5. The average Bonchev–Trinajstić information content (AvgIpc) is 2.70. The third kappa shape index (κ3) is 2.82. The summed E-state index contributed by atoms with van der Waals surface area (Å²) in [5.41, 5.74) is 1.01. The van der Waals surface area contributed by atoms with Gasteiger partial charge in [-0.3, -0.25) is 8.78 Å². The lowest BCUT2D eigenvalue weighted by atomic mass is 10.2. The van der Waals surface area contributed by atoms with Gasteiger partial charge in [-0.05, 0) is 31.5 Å². The molecule has 0 radical (unpaired) electrons. The van der Waals surface area contributed by atoms with E-state index in [4.69, 9.17) is 5.11 Å². The summed E-state index contributed by atoms with van der Waals surface area (Å²) in [4.78, 5) is 25.6. The number of benzene rings is 1. The summed E-state index contributed by atoms with van der Waals surface area (Å²) in [5.74, 6) is -0.511. The summed E-state index contributed by atoms with van der Waals surface area (Å²) in [5, 5.41) is 8.94. The Kier molecular flexibility index (Phi) is 4.08. The Morgan fingerprint density at radius 3 is 2.80 bits per heavy atom. The molecule has 20 heavy (non-hydrogen) atoms. The van der Waals surface area contributed by atoms with Crippen LogP contribution in [0.5, 0.6) is 0 Å². The molecule has 2 aromatic rings. The topological polar surface area (TPSA) is 92.2 Å². The van der Waals surface area contributed by atoms with Crippen LogP contribution in [-0.4, -0.2) is 36.8 Å². The Morgan fingerprint density at radius 1 is 1.50 bits per heavy atom. The van der Waals surface area contributed by atoms with Crippen LogP contribution >= 0.6 is 0 Å². The first-order valence-corrected chi connectivity index (χ1v) is 7.90. The summed E-state index contributed by atoms with van der Waals surface area (Å²) in [7, 11) is -0.901. The number of aromatic amines is 1. The monoisotopic (exact) mass is 296 g/mol. The fourth-order valence-electron chi connectivity index (χ4n) is 2.17. The number of hydrogen-bond donors (Lipinski definition) is 2. The average molecular weight is 296 g/mol. The van der Waals surface area contributed by atoms with Crippen LogP contribution in [0.2, 0.25) is 0 Å². The minimum Gasteiger partial charge on any atom is -0.478 e. The van der Waals surface area contributed by atoms with Gasteiger partial charge in [0.2, 0.25) is 0 Å². The summed E-state index contributed by atoms with van der Waals surface area (Å²) in [6.07, 6.45) is 2.25. The molecule has 0 saturated carbocycles. The van der Waals surface area contributed by atoms with Crippen LogP contribution in [-0.2, 0) is 10.8 Å². The molecule has 108 valence electrons. The fourth-order valence-corrected chi connectivity index (χ4v) is 2.84. The first-order valence-electron chi connectivity index (χ1n) is 6.17. The fraction of sp³-hybridized carbons (Fsp3) is 0.385. The molecule has 1 aromatic heterocycles. The number of rotatable bonds is 5. The molecule has 0 aliphatic carbocycles. The summed E-state index contributed by atoms with van der Waals surface area (Å²) in [6, 6.07) is 4.44. The van der Waals surface area contributed by atoms with Crippen molar-refractivity contribution in [1.29, 1.82) is 0 Å². The zero-order valence-corrected chi connectivity index (χ0v) is 12.1. The lowest BCUT2D eigenvalue weighted by Gasteiger charge is -2.12. The van der Waals surface area contributed by atoms with E-state index in [-0.39, 0.29) is 17.3 Å². The van der Waals surface area contributed by atoms with Gasteiger partial charge in [-0.1, -0.05) is 0 Å². The number of nitrogens with zero attached hydrogens (tertiary/aromatic N) is 1. The number of nitrogens with one attached hydrogen (secondary N) is 1. The SMILES string of the molecule is CC(CCS(C)=O)n1c(=O)[nH]c2cc(C(=O)O)ccc21. The zero-order chi connectivity index (χ0) is 14.9. The second-order valence-electron chi connectivity index (χ2n) is 4.75. The second-order valence-corrected chi connectivity index (χ2v) is 6.31. The third-order valence-electron chi connectivity index (χ3n) is 3.23. The van der Waals surface area contributed by atoms with Gasteiger partial charge in [-0.2, -0.15) is 0 Å². The Morgan fingerprint density at radius 2 is 2.20 bits per heavy atom. The quantitative estimate of drug-likeness (QED) is 0.871. The van der Waals surface area contributed by atoms with Crippen molar-refractivity contribution in [3.05, 3.63) is 34.2 Å². The highest BCUT2D eigenvalue weighted by molar-refractivity contribution is 7.84. The Bertz CT molecular complexity index is 732. The lowest BCUT2D eigenvalue weighted by molar-refractivity contribution is 0.0697. The van der Waals surface area contributed by atoms with E-state index in [0.717, 1.165) is 0 Å². The van der Waals surface area contributed by atoms with E-state index in [2.05, 4.69) is 4.98 Å². The number of fused-ring (bicyclic) bond motifs is 1. The molecule has 2 rings (SSSR count). The van der Waals surface area contributed by atoms with E-state index in [1.807, 2.05) is 6.92 Å². The predicted octanol–water partition coefficient (Wildman–Crippen LogP) is 1.36. The third-order valence-corrected chi connectivity index (χ3v) is 4.04. The van der Waals surface area contributed by atoms with Crippen molar-refractivity contribution in [2.75, 3.05) is 12.0 Å². The van der Waals surface area contributed by atoms with Crippen LogP contribution in [0.25, 0.3) is 11.0 Å². The van der Waals surface area contributed by atoms with Gasteiger partial charge in [0.1, 0.15) is 0 Å². The highest BCUT2D eigenvalue weighted by Crippen LogP contribution is 2.18. The van der Waals surface area contributed by atoms with Gasteiger partial charge in [-0.25, -0.2) is 9.59 Å². The molecule has 0 aliphatic rings. The Hall–Kier alpha value is -1.89. The van der Waals surface area contributed by atoms with Gasteiger partial charge in [0.05, 0.1) is 16.6 Å². The van der Waals surface area contributed by atoms with Crippen LogP contribution in [0.15, 0.2) is 23.0 Å². The highest BCUT2D eigenvalue weighted by atomic mass is 32.2. The Labute approximate surface area is 117 Å². The number of hydrogen-bond acceptors (Lipinski definition) is 3. The van der Waals surface area contributed by atoms with E-state index in [1.54, 1.807) is 16.9 Å². The smallest absolute Gasteiger partial charge is 0.335 e. The minimum atomic E-state index is -1.03. The zero-order valence-electron chi connectivity index (χ0n) is 11.3. The minimum absolute atomic E-state index is 0.101. The lowest BCUT2D eigenvalue weighted by Crippen LogP contribution is -2.21. The molecule has 2 atom stereocenters. The molecule has 1 aromatic carbocycles. The molecule has 2 unspecified atom stereocenters. The number of carbonyl (C=O) groups is 1. The molecule has 2 N–H and O–H groups in total. The van der Waals surface area contributed by atoms with Crippen molar-refractivity contribution in [2.45, 2.75) is 19.4 Å². The van der Waals surface area contributed by atoms with Gasteiger partial charge in [0, 0.05) is 28.9 Å². The van der Waals surface area contributed by atoms with E-state index in [9.17, 15) is 13.8 Å². The van der Waals surface area contributed by atoms with Gasteiger partial charge in [-0.15, -0.1) is 0 Å². The van der Waals surface area contributed by atoms with Crippen LogP contribution < -0.4 is 5.69 Å². The maximum absolute atomic E-state index is 12.0. The Balaban J connectivity index is 2.43. The second kappa shape index (κ2) is 5.62. The molecule has 0 bridgehead atoms. The van der Waals surface area contributed by atoms with Crippen LogP contribution in [0.1, 0.15) is 29.7 Å². The van der Waals surface area contributed by atoms with E-state index in [1.165, 1.54) is 12.1 Å². The molecular weight excluding hydrogens is 280 g/mol. The van der Waals surface area contributed by atoms with E-state index >= 15 is 0 Å². The molecular formula is C13H16N2O4S. The molecule has 7 heteroatoms. The molecule has 6 nitrogen and oxygen atoms in total. The van der Waals surface area contributed by atoms with Crippen molar-refractivity contribution < 1.29 is 14.1 Å². The van der Waals surface area contributed by atoms with Crippen LogP contribution in [0.4, 0.5) is 0 Å². The number of carboxylic acids is 1. The summed E-state index contributed by atoms with van der Waals surface area (Å²) >= 11 is 0. The maximum Gasteiger partial charge on any atom is 0.335 e. The molecule has 0 amide bonds. The first-order chi connectivity index (χ1) is 9.40. The molecule has 1 heterocycles. The van der Waals surface area contributed by atoms with Crippen molar-refractivity contribution in [3.8, 4) is 0 Å². The van der Waals surface area contributed by atoms with Crippen LogP contribution in [0, 0.1) is 0 Å². The number of carboxylic acid groups (broad SMARTS) is 1. The summed E-state index contributed by atoms with van der Waals surface area (Å²) < 4.78 is 12.7. The standard InChI is InChI=1S/C13H16N2O4S/c1-8(5-6-20(2)19)15-11-4-3-9(12(16)17)7-10(11)14-13(15)18/h3-4,7-8H,5-6H2,1-2H3,(H,14,18)(H,16,17). The molecule has 0 spiro atoms. The number of H-pyrrole nitrogens is 1. The number of aromatic carboxylic acids is 1. The molecule has 0 fully saturated rings. The van der Waals surface area contributed by atoms with Gasteiger partial charge >= 0.3 is 11.7 Å². The number of aromatic nitrogens is 2. The summed E-state index contributed by atoms with van der Waals surface area (Å²) in [6.45, 7) is 1.88. The number of imidazole rings is 1. The normalized spacial score (nSPS) is 14.3. The predicted molar refractivity (Wildman–Crippen MR) is 77.8 cm³/mol. The molecule has 0 saturated heterocycles. The van der Waals surface area contributed by atoms with Crippen molar-refractivity contribution in [3.63, 3.8) is 0 Å². The molecule has 0 aliphatic heterocycles. The largest absolute Gasteiger partial charge is 0.478 e. The highest BCUT2D eigenvalue weighted by Gasteiger charge is 2.15.